The van der Waals surface area contributed by atoms with E-state index in [4.69, 9.17) is 4.52 Å². The molecule has 3 aromatic rings. The van der Waals surface area contributed by atoms with Crippen LogP contribution in [0.5, 0.6) is 0 Å². The molecule has 31 heavy (non-hydrogen) atoms. The molecule has 0 N–H and O–H groups in total. The van der Waals surface area contributed by atoms with Crippen LogP contribution in [0, 0.1) is 20.8 Å². The zero-order chi connectivity index (χ0) is 22.2. The highest BCUT2D eigenvalue weighted by molar-refractivity contribution is 7.91. The van der Waals surface area contributed by atoms with Gasteiger partial charge in [-0.2, -0.15) is 0 Å². The zero-order valence-corrected chi connectivity index (χ0v) is 18.8. The van der Waals surface area contributed by atoms with E-state index in [2.05, 4.69) is 5.16 Å². The SMILES string of the molecule is Cc1ccc(-c2onc(C)c2C)cc1S(=O)(=O)CCC(=O)N1CCCc2ccccc21. The van der Waals surface area contributed by atoms with E-state index >= 15 is 0 Å². The molecule has 162 valence electrons. The second kappa shape index (κ2) is 8.30. The van der Waals surface area contributed by atoms with Crippen LogP contribution in [0.3, 0.4) is 0 Å². The first kappa shape index (κ1) is 21.3. The van der Waals surface area contributed by atoms with E-state index in [1.165, 1.54) is 0 Å². The molecule has 0 radical (unpaired) electrons. The lowest BCUT2D eigenvalue weighted by Crippen LogP contribution is -2.36. The molecule has 0 unspecified atom stereocenters. The summed E-state index contributed by atoms with van der Waals surface area (Å²) < 4.78 is 31.7. The van der Waals surface area contributed by atoms with Crippen LogP contribution in [0.25, 0.3) is 11.3 Å². The average molecular weight is 439 g/mol. The Morgan fingerprint density at radius 3 is 2.65 bits per heavy atom. The lowest BCUT2D eigenvalue weighted by Gasteiger charge is -2.29. The lowest BCUT2D eigenvalue weighted by atomic mass is 10.0. The van der Waals surface area contributed by atoms with Crippen molar-refractivity contribution < 1.29 is 17.7 Å². The number of carbonyl (C=O) groups excluding carboxylic acids is 1. The first-order chi connectivity index (χ1) is 14.8. The minimum atomic E-state index is -3.65. The van der Waals surface area contributed by atoms with Gasteiger partial charge in [0.1, 0.15) is 0 Å². The average Bonchev–Trinajstić information content (AvgIpc) is 3.10. The Bertz CT molecular complexity index is 1240. The van der Waals surface area contributed by atoms with Gasteiger partial charge in [0.05, 0.1) is 16.3 Å². The Kier molecular flexibility index (Phi) is 5.71. The highest BCUT2D eigenvalue weighted by atomic mass is 32.2. The first-order valence-electron chi connectivity index (χ1n) is 10.4. The van der Waals surface area contributed by atoms with Gasteiger partial charge in [-0.05, 0) is 56.9 Å². The number of carbonyl (C=O) groups is 1. The Morgan fingerprint density at radius 1 is 1.13 bits per heavy atom. The summed E-state index contributed by atoms with van der Waals surface area (Å²) in [5, 5.41) is 3.96. The van der Waals surface area contributed by atoms with Gasteiger partial charge in [-0.3, -0.25) is 4.79 Å². The van der Waals surface area contributed by atoms with Crippen LogP contribution in [-0.4, -0.2) is 31.8 Å². The van der Waals surface area contributed by atoms with Crippen molar-refractivity contribution >= 4 is 21.4 Å². The van der Waals surface area contributed by atoms with Crippen LogP contribution in [0.1, 0.15) is 35.2 Å². The molecule has 4 rings (SSSR count). The maximum absolute atomic E-state index is 13.1. The minimum absolute atomic E-state index is 0.0548. The third-order valence-electron chi connectivity index (χ3n) is 5.94. The van der Waals surface area contributed by atoms with Crippen molar-refractivity contribution in [2.75, 3.05) is 17.2 Å². The van der Waals surface area contributed by atoms with E-state index in [-0.39, 0.29) is 23.0 Å². The number of hydrogen-bond donors (Lipinski definition) is 0. The van der Waals surface area contributed by atoms with Crippen LogP contribution in [-0.2, 0) is 21.1 Å². The van der Waals surface area contributed by atoms with E-state index in [0.717, 1.165) is 35.3 Å². The smallest absolute Gasteiger partial charge is 0.228 e. The molecule has 0 atom stereocenters. The fraction of sp³-hybridized carbons (Fsp3) is 0.333. The standard InChI is InChI=1S/C24H26N2O4S/c1-16-10-11-20(24-17(2)18(3)25-30-24)15-22(16)31(28,29)14-12-23(27)26-13-6-8-19-7-4-5-9-21(19)26/h4-5,7,9-11,15H,6,8,12-14H2,1-3H3. The Labute approximate surface area is 182 Å². The predicted molar refractivity (Wildman–Crippen MR) is 120 cm³/mol. The van der Waals surface area contributed by atoms with Gasteiger partial charge in [-0.1, -0.05) is 35.5 Å². The third-order valence-corrected chi connectivity index (χ3v) is 7.79. The molecule has 0 saturated carbocycles. The van der Waals surface area contributed by atoms with E-state index in [1.807, 2.05) is 44.2 Å². The molecule has 1 aromatic heterocycles. The van der Waals surface area contributed by atoms with Gasteiger partial charge in [0.2, 0.25) is 5.91 Å². The molecular weight excluding hydrogens is 412 g/mol. The van der Waals surface area contributed by atoms with Gasteiger partial charge in [-0.25, -0.2) is 8.42 Å². The fourth-order valence-corrected chi connectivity index (χ4v) is 5.55. The number of sulfone groups is 1. The van der Waals surface area contributed by atoms with Crippen molar-refractivity contribution in [1.82, 2.24) is 5.16 Å². The number of para-hydroxylation sites is 1. The summed E-state index contributed by atoms with van der Waals surface area (Å²) in [6.45, 7) is 6.12. The van der Waals surface area contributed by atoms with Gasteiger partial charge in [0.15, 0.2) is 15.6 Å². The third kappa shape index (κ3) is 4.14. The lowest BCUT2D eigenvalue weighted by molar-refractivity contribution is -0.118. The molecule has 6 nitrogen and oxygen atoms in total. The number of benzene rings is 2. The van der Waals surface area contributed by atoms with Crippen molar-refractivity contribution in [3.8, 4) is 11.3 Å². The molecule has 1 aliphatic heterocycles. The van der Waals surface area contributed by atoms with Crippen LogP contribution in [0.15, 0.2) is 51.9 Å². The summed E-state index contributed by atoms with van der Waals surface area (Å²) in [6.07, 6.45) is 1.76. The van der Waals surface area contributed by atoms with Gasteiger partial charge < -0.3 is 9.42 Å². The van der Waals surface area contributed by atoms with E-state index < -0.39 is 9.84 Å². The van der Waals surface area contributed by atoms with Crippen LogP contribution in [0.4, 0.5) is 5.69 Å². The second-order valence-corrected chi connectivity index (χ2v) is 10.1. The van der Waals surface area contributed by atoms with Gasteiger partial charge in [0.25, 0.3) is 0 Å². The molecule has 0 spiro atoms. The molecule has 0 saturated heterocycles. The maximum atomic E-state index is 13.1. The number of rotatable bonds is 5. The van der Waals surface area contributed by atoms with Gasteiger partial charge in [0, 0.05) is 29.8 Å². The van der Waals surface area contributed by atoms with Crippen LogP contribution < -0.4 is 4.90 Å². The molecule has 0 aliphatic carbocycles. The van der Waals surface area contributed by atoms with E-state index in [1.54, 1.807) is 24.0 Å². The summed E-state index contributed by atoms with van der Waals surface area (Å²) in [6, 6.07) is 13.0. The number of aromatic nitrogens is 1. The molecule has 2 heterocycles. The van der Waals surface area contributed by atoms with Gasteiger partial charge in [-0.15, -0.1) is 0 Å². The molecule has 0 bridgehead atoms. The first-order valence-corrected chi connectivity index (χ1v) is 12.1. The summed E-state index contributed by atoms with van der Waals surface area (Å²) in [4.78, 5) is 14.8. The number of amides is 1. The number of aryl methyl sites for hydroxylation is 3. The second-order valence-electron chi connectivity index (χ2n) is 8.05. The van der Waals surface area contributed by atoms with Crippen molar-refractivity contribution in [1.29, 1.82) is 0 Å². The Hall–Kier alpha value is -2.93. The maximum Gasteiger partial charge on any atom is 0.228 e. The molecular formula is C24H26N2O4S. The van der Waals surface area contributed by atoms with Crippen molar-refractivity contribution in [2.45, 2.75) is 44.9 Å². The summed E-state index contributed by atoms with van der Waals surface area (Å²) in [7, 11) is -3.65. The van der Waals surface area contributed by atoms with E-state index in [0.29, 0.717) is 23.4 Å². The van der Waals surface area contributed by atoms with Crippen molar-refractivity contribution in [2.24, 2.45) is 0 Å². The normalized spacial score (nSPS) is 13.8. The van der Waals surface area contributed by atoms with Crippen LogP contribution in [0.2, 0.25) is 0 Å². The number of fused-ring (bicyclic) bond motifs is 1. The fourth-order valence-electron chi connectivity index (χ4n) is 4.02. The molecule has 1 aliphatic rings. The summed E-state index contributed by atoms with van der Waals surface area (Å²) in [5.41, 5.74) is 4.99. The monoisotopic (exact) mass is 438 g/mol. The predicted octanol–water partition coefficient (Wildman–Crippen LogP) is 4.41. The number of anilines is 1. The Balaban J connectivity index is 1.55. The quantitative estimate of drug-likeness (QED) is 0.589. The summed E-state index contributed by atoms with van der Waals surface area (Å²) in [5.74, 6) is 0.171. The molecule has 1 amide bonds. The summed E-state index contributed by atoms with van der Waals surface area (Å²) >= 11 is 0. The van der Waals surface area contributed by atoms with Crippen LogP contribution >= 0.6 is 0 Å². The number of nitrogens with zero attached hydrogens (tertiary/aromatic N) is 2. The molecule has 7 heteroatoms. The molecule has 2 aromatic carbocycles. The minimum Gasteiger partial charge on any atom is -0.356 e. The van der Waals surface area contributed by atoms with Crippen molar-refractivity contribution in [3.05, 3.63) is 64.8 Å². The highest BCUT2D eigenvalue weighted by Crippen LogP contribution is 2.30. The Morgan fingerprint density at radius 2 is 1.90 bits per heavy atom. The van der Waals surface area contributed by atoms with E-state index in [9.17, 15) is 13.2 Å². The molecule has 0 fully saturated rings. The largest absolute Gasteiger partial charge is 0.356 e. The van der Waals surface area contributed by atoms with Crippen molar-refractivity contribution in [3.63, 3.8) is 0 Å². The highest BCUT2D eigenvalue weighted by Gasteiger charge is 2.26. The zero-order valence-electron chi connectivity index (χ0n) is 18.0. The topological polar surface area (TPSA) is 80.5 Å². The number of hydrogen-bond acceptors (Lipinski definition) is 5. The van der Waals surface area contributed by atoms with Gasteiger partial charge >= 0.3 is 0 Å².